The number of benzene rings is 3. The second-order valence-corrected chi connectivity index (χ2v) is 8.76. The fraction of sp³-hybridized carbons (Fsp3) is 0.286. The van der Waals surface area contributed by atoms with E-state index in [4.69, 9.17) is 9.47 Å². The van der Waals surface area contributed by atoms with Crippen LogP contribution in [0.4, 0.5) is 5.69 Å². The lowest BCUT2D eigenvalue weighted by atomic mass is 10.1. The number of carbonyl (C=O) groups excluding carboxylic acids is 1. The van der Waals surface area contributed by atoms with Crippen LogP contribution in [-0.2, 0) is 22.5 Å². The summed E-state index contributed by atoms with van der Waals surface area (Å²) in [6, 6.07) is 23.1. The summed E-state index contributed by atoms with van der Waals surface area (Å²) in [6.07, 6.45) is 4.76. The van der Waals surface area contributed by atoms with E-state index in [-0.39, 0.29) is 12.3 Å². The summed E-state index contributed by atoms with van der Waals surface area (Å²) in [5.41, 5.74) is 2.69. The van der Waals surface area contributed by atoms with Gasteiger partial charge in [0.15, 0.2) is 0 Å². The van der Waals surface area contributed by atoms with Gasteiger partial charge in [-0.2, -0.15) is 5.10 Å². The lowest BCUT2D eigenvalue weighted by Crippen LogP contribution is -2.29. The molecular formula is C28H30N4O3. The molecular weight excluding hydrogens is 440 g/mol. The number of para-hydroxylation sites is 1. The van der Waals surface area contributed by atoms with Gasteiger partial charge in [0.25, 0.3) is 0 Å². The Balaban J connectivity index is 1.14. The Kier molecular flexibility index (Phi) is 7.36. The van der Waals surface area contributed by atoms with Crippen LogP contribution in [0.1, 0.15) is 18.4 Å². The molecule has 0 bridgehead atoms. The Morgan fingerprint density at radius 3 is 2.69 bits per heavy atom. The molecule has 1 aromatic heterocycles. The highest BCUT2D eigenvalue weighted by Gasteiger charge is 2.14. The van der Waals surface area contributed by atoms with Gasteiger partial charge in [-0.1, -0.05) is 30.3 Å². The molecule has 7 nitrogen and oxygen atoms in total. The minimum Gasteiger partial charge on any atom is -0.457 e. The molecule has 1 atom stereocenters. The van der Waals surface area contributed by atoms with Gasteiger partial charge < -0.3 is 20.1 Å². The van der Waals surface area contributed by atoms with Gasteiger partial charge in [-0.15, -0.1) is 0 Å². The van der Waals surface area contributed by atoms with Crippen molar-refractivity contribution in [1.29, 1.82) is 0 Å². The SMILES string of the molecule is O=C(Cc1ccc(Oc2ccccc2)cc1)Nc1ccc2cnn(CCNCC3CCCO3)c2c1. The van der Waals surface area contributed by atoms with Crippen LogP contribution >= 0.6 is 0 Å². The summed E-state index contributed by atoms with van der Waals surface area (Å²) in [5.74, 6) is 1.46. The summed E-state index contributed by atoms with van der Waals surface area (Å²) < 4.78 is 13.4. The topological polar surface area (TPSA) is 77.4 Å². The van der Waals surface area contributed by atoms with Crippen molar-refractivity contribution in [2.24, 2.45) is 0 Å². The van der Waals surface area contributed by atoms with E-state index in [0.717, 1.165) is 72.7 Å². The van der Waals surface area contributed by atoms with Gasteiger partial charge in [0.05, 0.1) is 30.8 Å². The molecule has 1 aliphatic rings. The molecule has 35 heavy (non-hydrogen) atoms. The number of aromatic nitrogens is 2. The van der Waals surface area contributed by atoms with Crippen molar-refractivity contribution in [3.63, 3.8) is 0 Å². The standard InChI is InChI=1S/C28H30N4O3/c33-28(17-21-8-12-25(13-9-21)35-24-5-2-1-3-6-24)31-23-11-10-22-19-30-32(27(22)18-23)15-14-29-20-26-7-4-16-34-26/h1-3,5-6,8-13,18-19,26,29H,4,7,14-17,20H2,(H,31,33). The van der Waals surface area contributed by atoms with E-state index < -0.39 is 0 Å². The minimum absolute atomic E-state index is 0.0645. The molecule has 0 radical (unpaired) electrons. The monoisotopic (exact) mass is 470 g/mol. The molecule has 180 valence electrons. The van der Waals surface area contributed by atoms with Gasteiger partial charge in [-0.25, -0.2) is 0 Å². The highest BCUT2D eigenvalue weighted by molar-refractivity contribution is 5.94. The van der Waals surface area contributed by atoms with E-state index in [1.807, 2.05) is 83.7 Å². The van der Waals surface area contributed by atoms with Crippen LogP contribution in [-0.4, -0.2) is 41.5 Å². The average Bonchev–Trinajstić information content (AvgIpc) is 3.54. The number of rotatable bonds is 10. The summed E-state index contributed by atoms with van der Waals surface area (Å²) in [7, 11) is 0. The van der Waals surface area contributed by atoms with Gasteiger partial charge in [0.1, 0.15) is 11.5 Å². The molecule has 0 spiro atoms. The first-order chi connectivity index (χ1) is 17.2. The molecule has 1 amide bonds. The van der Waals surface area contributed by atoms with Crippen molar-refractivity contribution in [2.45, 2.75) is 31.9 Å². The molecule has 0 saturated carbocycles. The zero-order valence-electron chi connectivity index (χ0n) is 19.7. The number of nitrogens with zero attached hydrogens (tertiary/aromatic N) is 2. The fourth-order valence-corrected chi connectivity index (χ4v) is 4.27. The number of ether oxygens (including phenoxy) is 2. The zero-order valence-corrected chi connectivity index (χ0v) is 19.7. The first-order valence-electron chi connectivity index (χ1n) is 12.1. The predicted molar refractivity (Wildman–Crippen MR) is 137 cm³/mol. The maximum Gasteiger partial charge on any atom is 0.228 e. The Bertz CT molecular complexity index is 1250. The van der Waals surface area contributed by atoms with Crippen LogP contribution in [0.5, 0.6) is 11.5 Å². The fourth-order valence-electron chi connectivity index (χ4n) is 4.27. The van der Waals surface area contributed by atoms with Crippen LogP contribution in [0.15, 0.2) is 79.0 Å². The number of hydrogen-bond donors (Lipinski definition) is 2. The number of hydrogen-bond acceptors (Lipinski definition) is 5. The third-order valence-electron chi connectivity index (χ3n) is 6.09. The summed E-state index contributed by atoms with van der Waals surface area (Å²) in [5, 5.41) is 12.0. The maximum atomic E-state index is 12.7. The highest BCUT2D eigenvalue weighted by Crippen LogP contribution is 2.22. The first kappa shape index (κ1) is 23.1. The Morgan fingerprint density at radius 2 is 1.89 bits per heavy atom. The van der Waals surface area contributed by atoms with Crippen LogP contribution < -0.4 is 15.4 Å². The van der Waals surface area contributed by atoms with E-state index in [9.17, 15) is 4.79 Å². The van der Waals surface area contributed by atoms with Crippen molar-refractivity contribution in [2.75, 3.05) is 25.0 Å². The van der Waals surface area contributed by atoms with Crippen molar-refractivity contribution >= 4 is 22.5 Å². The average molecular weight is 471 g/mol. The molecule has 2 heterocycles. The van der Waals surface area contributed by atoms with Gasteiger partial charge in [-0.3, -0.25) is 9.48 Å². The predicted octanol–water partition coefficient (Wildman–Crippen LogP) is 4.78. The zero-order chi connectivity index (χ0) is 23.9. The highest BCUT2D eigenvalue weighted by atomic mass is 16.5. The largest absolute Gasteiger partial charge is 0.457 e. The van der Waals surface area contributed by atoms with Crippen LogP contribution in [0.3, 0.4) is 0 Å². The van der Waals surface area contributed by atoms with Gasteiger partial charge in [0, 0.05) is 30.8 Å². The molecule has 5 rings (SSSR count). The van der Waals surface area contributed by atoms with Crippen molar-refractivity contribution in [3.8, 4) is 11.5 Å². The Labute approximate surface area is 205 Å². The van der Waals surface area contributed by atoms with E-state index in [1.54, 1.807) is 0 Å². The van der Waals surface area contributed by atoms with E-state index >= 15 is 0 Å². The van der Waals surface area contributed by atoms with Crippen molar-refractivity contribution in [1.82, 2.24) is 15.1 Å². The van der Waals surface area contributed by atoms with E-state index in [0.29, 0.717) is 6.10 Å². The Hall–Kier alpha value is -3.68. The maximum absolute atomic E-state index is 12.7. The Morgan fingerprint density at radius 1 is 1.06 bits per heavy atom. The third kappa shape index (κ3) is 6.26. The van der Waals surface area contributed by atoms with E-state index in [2.05, 4.69) is 15.7 Å². The molecule has 0 aliphatic carbocycles. The lowest BCUT2D eigenvalue weighted by molar-refractivity contribution is -0.115. The molecule has 3 aromatic carbocycles. The van der Waals surface area contributed by atoms with Crippen molar-refractivity contribution in [3.05, 3.63) is 84.6 Å². The number of amides is 1. The van der Waals surface area contributed by atoms with Gasteiger partial charge in [0.2, 0.25) is 5.91 Å². The summed E-state index contributed by atoms with van der Waals surface area (Å²) in [6.45, 7) is 3.32. The molecule has 7 heteroatoms. The number of fused-ring (bicyclic) bond motifs is 1. The first-order valence-corrected chi connectivity index (χ1v) is 12.1. The number of anilines is 1. The van der Waals surface area contributed by atoms with Crippen LogP contribution in [0.2, 0.25) is 0 Å². The minimum atomic E-state index is -0.0645. The lowest BCUT2D eigenvalue weighted by Gasteiger charge is -2.11. The second kappa shape index (κ2) is 11.2. The second-order valence-electron chi connectivity index (χ2n) is 8.76. The van der Waals surface area contributed by atoms with Gasteiger partial charge >= 0.3 is 0 Å². The normalized spacial score (nSPS) is 15.4. The molecule has 1 saturated heterocycles. The third-order valence-corrected chi connectivity index (χ3v) is 6.09. The molecule has 1 fully saturated rings. The summed E-state index contributed by atoms with van der Waals surface area (Å²) >= 11 is 0. The molecule has 2 N–H and O–H groups in total. The van der Waals surface area contributed by atoms with E-state index in [1.165, 1.54) is 0 Å². The molecule has 1 unspecified atom stereocenters. The van der Waals surface area contributed by atoms with Crippen molar-refractivity contribution < 1.29 is 14.3 Å². The molecule has 1 aliphatic heterocycles. The smallest absolute Gasteiger partial charge is 0.228 e. The van der Waals surface area contributed by atoms with Crippen LogP contribution in [0.25, 0.3) is 10.9 Å². The quantitative estimate of drug-likeness (QED) is 0.326. The summed E-state index contributed by atoms with van der Waals surface area (Å²) in [4.78, 5) is 12.7. The number of nitrogens with one attached hydrogen (secondary N) is 2. The number of carbonyl (C=O) groups is 1. The van der Waals surface area contributed by atoms with Gasteiger partial charge in [-0.05, 0) is 60.9 Å². The van der Waals surface area contributed by atoms with Crippen LogP contribution in [0, 0.1) is 0 Å². The molecule has 4 aromatic rings.